The molecule has 0 aliphatic carbocycles. The molecule has 1 heterocycles. The van der Waals surface area contributed by atoms with E-state index in [1.807, 2.05) is 37.3 Å². The lowest BCUT2D eigenvalue weighted by Crippen LogP contribution is -2.14. The Morgan fingerprint density at radius 3 is 2.48 bits per heavy atom. The summed E-state index contributed by atoms with van der Waals surface area (Å²) in [4.78, 5) is 35.4. The minimum atomic E-state index is -1.05. The summed E-state index contributed by atoms with van der Waals surface area (Å²) in [6.07, 6.45) is -0.421. The van der Waals surface area contributed by atoms with Gasteiger partial charge in [-0.05, 0) is 11.6 Å². The third-order valence-corrected chi connectivity index (χ3v) is 4.93. The van der Waals surface area contributed by atoms with E-state index in [4.69, 9.17) is 9.84 Å². The van der Waals surface area contributed by atoms with Crippen LogP contribution in [0.5, 0.6) is 0 Å². The van der Waals surface area contributed by atoms with E-state index in [2.05, 4.69) is 5.32 Å². The van der Waals surface area contributed by atoms with Gasteiger partial charge in [0, 0.05) is 17.2 Å². The van der Waals surface area contributed by atoms with Crippen molar-refractivity contribution in [3.8, 4) is 0 Å². The van der Waals surface area contributed by atoms with Crippen molar-refractivity contribution in [2.75, 3.05) is 12.4 Å². The van der Waals surface area contributed by atoms with E-state index in [9.17, 15) is 14.4 Å². The molecule has 0 spiro atoms. The lowest BCUT2D eigenvalue weighted by molar-refractivity contribution is -0.138. The molecule has 0 fully saturated rings. The van der Waals surface area contributed by atoms with Crippen molar-refractivity contribution >= 4 is 34.2 Å². The predicted octanol–water partition coefficient (Wildman–Crippen LogP) is 3.49. The molecule has 1 atom stereocenters. The van der Waals surface area contributed by atoms with Crippen LogP contribution in [-0.2, 0) is 14.3 Å². The number of carbonyl (C=O) groups is 3. The summed E-state index contributed by atoms with van der Waals surface area (Å²) >= 11 is 1.29. The molecule has 0 unspecified atom stereocenters. The molecular formula is C18H19NO5S. The standard InChI is InChI=1S/C18H19NO5S/c1-11(12-6-4-3-5-7-12)14-10-13(18(23)24-2)17(25-14)19-15(20)8-9-16(21)22/h3-7,10-11H,8-9H2,1-2H3,(H,19,20)(H,21,22)/t11-/m1/s1. The molecule has 0 aliphatic heterocycles. The minimum Gasteiger partial charge on any atom is -0.481 e. The summed E-state index contributed by atoms with van der Waals surface area (Å²) < 4.78 is 4.78. The summed E-state index contributed by atoms with van der Waals surface area (Å²) in [5, 5.41) is 11.7. The van der Waals surface area contributed by atoms with Gasteiger partial charge >= 0.3 is 11.9 Å². The van der Waals surface area contributed by atoms with Gasteiger partial charge in [-0.25, -0.2) is 4.79 Å². The number of hydrogen-bond donors (Lipinski definition) is 2. The Hall–Kier alpha value is -2.67. The number of methoxy groups -OCH3 is 1. The van der Waals surface area contributed by atoms with Gasteiger partial charge in [-0.2, -0.15) is 0 Å². The van der Waals surface area contributed by atoms with Crippen LogP contribution in [0, 0.1) is 0 Å². The van der Waals surface area contributed by atoms with Crippen LogP contribution in [0.25, 0.3) is 0 Å². The number of benzene rings is 1. The van der Waals surface area contributed by atoms with Gasteiger partial charge in [0.05, 0.1) is 19.1 Å². The molecular weight excluding hydrogens is 342 g/mol. The smallest absolute Gasteiger partial charge is 0.340 e. The number of thiophene rings is 1. The Bertz CT molecular complexity index is 769. The number of esters is 1. The highest BCUT2D eigenvalue weighted by Crippen LogP contribution is 2.36. The fourth-order valence-electron chi connectivity index (χ4n) is 2.29. The number of carboxylic acid groups (broad SMARTS) is 1. The second-order valence-corrected chi connectivity index (χ2v) is 6.54. The van der Waals surface area contributed by atoms with Crippen LogP contribution in [0.2, 0.25) is 0 Å². The molecule has 25 heavy (non-hydrogen) atoms. The van der Waals surface area contributed by atoms with E-state index >= 15 is 0 Å². The monoisotopic (exact) mass is 361 g/mol. The topological polar surface area (TPSA) is 92.7 Å². The SMILES string of the molecule is COC(=O)c1cc([C@H](C)c2ccccc2)sc1NC(=O)CCC(=O)O. The van der Waals surface area contributed by atoms with E-state index in [-0.39, 0.29) is 24.3 Å². The number of anilines is 1. The lowest BCUT2D eigenvalue weighted by Gasteiger charge is -2.09. The Balaban J connectivity index is 2.26. The van der Waals surface area contributed by atoms with E-state index in [0.29, 0.717) is 5.00 Å². The summed E-state index contributed by atoms with van der Waals surface area (Å²) in [6, 6.07) is 11.5. The summed E-state index contributed by atoms with van der Waals surface area (Å²) in [5.74, 6) is -2.00. The molecule has 1 amide bonds. The number of carboxylic acids is 1. The predicted molar refractivity (Wildman–Crippen MR) is 95.1 cm³/mol. The van der Waals surface area contributed by atoms with Crippen molar-refractivity contribution in [3.63, 3.8) is 0 Å². The number of hydrogen-bond acceptors (Lipinski definition) is 5. The lowest BCUT2D eigenvalue weighted by atomic mass is 9.99. The zero-order valence-corrected chi connectivity index (χ0v) is 14.8. The van der Waals surface area contributed by atoms with E-state index < -0.39 is 17.8 Å². The first-order valence-corrected chi connectivity index (χ1v) is 8.52. The summed E-state index contributed by atoms with van der Waals surface area (Å²) in [7, 11) is 1.27. The molecule has 0 aliphatic rings. The van der Waals surface area contributed by atoms with E-state index in [0.717, 1.165) is 10.4 Å². The van der Waals surface area contributed by atoms with Crippen molar-refractivity contribution in [1.29, 1.82) is 0 Å². The van der Waals surface area contributed by atoms with Crippen molar-refractivity contribution in [1.82, 2.24) is 0 Å². The van der Waals surface area contributed by atoms with Gasteiger partial charge in [0.1, 0.15) is 5.00 Å². The normalized spacial score (nSPS) is 11.6. The third kappa shape index (κ3) is 4.90. The highest BCUT2D eigenvalue weighted by atomic mass is 32.1. The van der Waals surface area contributed by atoms with Crippen molar-refractivity contribution in [3.05, 3.63) is 52.4 Å². The fraction of sp³-hybridized carbons (Fsp3) is 0.278. The van der Waals surface area contributed by atoms with Crippen LogP contribution in [0.1, 0.15) is 46.5 Å². The number of rotatable bonds is 7. The van der Waals surface area contributed by atoms with Crippen molar-refractivity contribution in [2.24, 2.45) is 0 Å². The highest BCUT2D eigenvalue weighted by Gasteiger charge is 2.21. The molecule has 2 rings (SSSR count). The summed E-state index contributed by atoms with van der Waals surface area (Å²) in [6.45, 7) is 2.01. The van der Waals surface area contributed by atoms with E-state index in [1.165, 1.54) is 18.4 Å². The molecule has 7 heteroatoms. The maximum atomic E-state index is 12.0. The summed E-state index contributed by atoms with van der Waals surface area (Å²) in [5.41, 5.74) is 1.36. The van der Waals surface area contributed by atoms with Crippen LogP contribution in [0.15, 0.2) is 36.4 Å². The van der Waals surface area contributed by atoms with Gasteiger partial charge in [-0.1, -0.05) is 37.3 Å². The number of carbonyl (C=O) groups excluding carboxylic acids is 2. The Kier molecular flexibility index (Phi) is 6.30. The van der Waals surface area contributed by atoms with Crippen molar-refractivity contribution < 1.29 is 24.2 Å². The van der Waals surface area contributed by atoms with E-state index in [1.54, 1.807) is 6.07 Å². The highest BCUT2D eigenvalue weighted by molar-refractivity contribution is 7.16. The van der Waals surface area contributed by atoms with Gasteiger partial charge in [-0.3, -0.25) is 9.59 Å². The molecule has 0 bridgehead atoms. The average Bonchev–Trinajstić information content (AvgIpc) is 3.03. The van der Waals surface area contributed by atoms with Crippen LogP contribution < -0.4 is 5.32 Å². The van der Waals surface area contributed by atoms with Crippen LogP contribution in [0.3, 0.4) is 0 Å². The number of amides is 1. The maximum absolute atomic E-state index is 12.0. The number of ether oxygens (including phenoxy) is 1. The number of nitrogens with one attached hydrogen (secondary N) is 1. The minimum absolute atomic E-state index is 0.0410. The molecule has 1 aromatic heterocycles. The molecule has 2 aromatic rings. The second-order valence-electron chi connectivity index (χ2n) is 5.46. The van der Waals surface area contributed by atoms with Crippen LogP contribution in [-0.4, -0.2) is 30.1 Å². The Morgan fingerprint density at radius 1 is 1.20 bits per heavy atom. The van der Waals surface area contributed by atoms with Crippen molar-refractivity contribution in [2.45, 2.75) is 25.7 Å². The first-order valence-electron chi connectivity index (χ1n) is 7.71. The maximum Gasteiger partial charge on any atom is 0.340 e. The zero-order chi connectivity index (χ0) is 18.4. The van der Waals surface area contributed by atoms with Crippen LogP contribution in [0.4, 0.5) is 5.00 Å². The first kappa shape index (κ1) is 18.7. The second kappa shape index (κ2) is 8.43. The molecule has 0 saturated carbocycles. The van der Waals surface area contributed by atoms with Gasteiger partial charge in [0.15, 0.2) is 0 Å². The Labute approximate surface area is 149 Å². The Morgan fingerprint density at radius 2 is 1.88 bits per heavy atom. The molecule has 0 radical (unpaired) electrons. The third-order valence-electron chi connectivity index (χ3n) is 3.70. The van der Waals surface area contributed by atoms with Crippen LogP contribution >= 0.6 is 11.3 Å². The largest absolute Gasteiger partial charge is 0.481 e. The zero-order valence-electron chi connectivity index (χ0n) is 13.9. The quantitative estimate of drug-likeness (QED) is 0.737. The molecule has 2 N–H and O–H groups in total. The van der Waals surface area contributed by atoms with Gasteiger partial charge in [-0.15, -0.1) is 11.3 Å². The first-order chi connectivity index (χ1) is 11.9. The van der Waals surface area contributed by atoms with Gasteiger partial charge in [0.25, 0.3) is 0 Å². The van der Waals surface area contributed by atoms with Gasteiger partial charge in [0.2, 0.25) is 5.91 Å². The molecule has 6 nitrogen and oxygen atoms in total. The average molecular weight is 361 g/mol. The fourth-order valence-corrected chi connectivity index (χ4v) is 3.44. The molecule has 0 saturated heterocycles. The molecule has 132 valence electrons. The molecule has 1 aromatic carbocycles. The van der Waals surface area contributed by atoms with Gasteiger partial charge < -0.3 is 15.2 Å². The number of aliphatic carboxylic acids is 1.